The molecule has 0 unspecified atom stereocenters. The molecule has 0 radical (unpaired) electrons. The summed E-state index contributed by atoms with van der Waals surface area (Å²) in [6.07, 6.45) is 4.49. The minimum Gasteiger partial charge on any atom is -0.351 e. The Morgan fingerprint density at radius 2 is 1.93 bits per heavy atom. The van der Waals surface area contributed by atoms with Gasteiger partial charge in [0.1, 0.15) is 0 Å². The van der Waals surface area contributed by atoms with Crippen LogP contribution >= 0.6 is 0 Å². The topological polar surface area (TPSA) is 84.5 Å². The molecule has 1 aliphatic carbocycles. The van der Waals surface area contributed by atoms with E-state index in [2.05, 4.69) is 10.3 Å². The fourth-order valence-corrected chi connectivity index (χ4v) is 4.99. The van der Waals surface area contributed by atoms with Gasteiger partial charge in [-0.2, -0.15) is 5.10 Å². The standard InChI is InChI=1S/C20H25N5O3/c1-13-9-16(28-22-13)18(26)25-10-14-4-8-24(11-15(14)12-25)19(27)20(5-6-20)17-3-7-21-23(17)2/h3,7,9,14-15H,4-6,8,10-12H2,1-2H3/t14-,15+/m0/s1. The summed E-state index contributed by atoms with van der Waals surface area (Å²) >= 11 is 0. The van der Waals surface area contributed by atoms with Gasteiger partial charge in [-0.1, -0.05) is 5.16 Å². The van der Waals surface area contributed by atoms with Crippen LogP contribution in [0.25, 0.3) is 0 Å². The Balaban J connectivity index is 1.28. The highest BCUT2D eigenvalue weighted by molar-refractivity contribution is 5.92. The van der Waals surface area contributed by atoms with Gasteiger partial charge < -0.3 is 14.3 Å². The van der Waals surface area contributed by atoms with Gasteiger partial charge in [-0.15, -0.1) is 0 Å². The lowest BCUT2D eigenvalue weighted by Gasteiger charge is -2.36. The van der Waals surface area contributed by atoms with Crippen LogP contribution in [0.15, 0.2) is 22.9 Å². The summed E-state index contributed by atoms with van der Waals surface area (Å²) in [4.78, 5) is 29.9. The fraction of sp³-hybridized carbons (Fsp3) is 0.600. The van der Waals surface area contributed by atoms with E-state index in [1.165, 1.54) is 0 Å². The maximum absolute atomic E-state index is 13.3. The summed E-state index contributed by atoms with van der Waals surface area (Å²) in [5.74, 6) is 1.21. The predicted octanol–water partition coefficient (Wildman–Crippen LogP) is 1.37. The fourth-order valence-electron chi connectivity index (χ4n) is 4.99. The Morgan fingerprint density at radius 3 is 2.57 bits per heavy atom. The lowest BCUT2D eigenvalue weighted by Crippen LogP contribution is -2.48. The molecule has 3 aliphatic rings. The molecule has 28 heavy (non-hydrogen) atoms. The molecular weight excluding hydrogens is 358 g/mol. The molecular formula is C20H25N5O3. The second kappa shape index (κ2) is 6.18. The lowest BCUT2D eigenvalue weighted by atomic mass is 9.87. The molecule has 2 aromatic rings. The van der Waals surface area contributed by atoms with Gasteiger partial charge in [0.25, 0.3) is 5.91 Å². The molecule has 8 heteroatoms. The van der Waals surface area contributed by atoms with Gasteiger partial charge in [-0.3, -0.25) is 14.3 Å². The van der Waals surface area contributed by atoms with Crippen LogP contribution < -0.4 is 0 Å². The van der Waals surface area contributed by atoms with Crippen molar-refractivity contribution in [3.05, 3.63) is 35.5 Å². The lowest BCUT2D eigenvalue weighted by molar-refractivity contribution is -0.136. The van der Waals surface area contributed by atoms with E-state index in [1.54, 1.807) is 12.3 Å². The van der Waals surface area contributed by atoms with Crippen LogP contribution in [0.4, 0.5) is 0 Å². The molecule has 4 heterocycles. The van der Waals surface area contributed by atoms with Crippen molar-refractivity contribution < 1.29 is 14.1 Å². The highest BCUT2D eigenvalue weighted by atomic mass is 16.5. The molecule has 0 bridgehead atoms. The van der Waals surface area contributed by atoms with Crippen LogP contribution in [0, 0.1) is 18.8 Å². The summed E-state index contributed by atoms with van der Waals surface area (Å²) in [6.45, 7) is 4.71. The molecule has 0 spiro atoms. The molecule has 1 saturated carbocycles. The first-order valence-electron chi connectivity index (χ1n) is 9.98. The number of aromatic nitrogens is 3. The van der Waals surface area contributed by atoms with Crippen molar-refractivity contribution in [3.8, 4) is 0 Å². The van der Waals surface area contributed by atoms with E-state index in [4.69, 9.17) is 4.52 Å². The normalized spacial score (nSPS) is 25.6. The van der Waals surface area contributed by atoms with Gasteiger partial charge in [0, 0.05) is 45.5 Å². The predicted molar refractivity (Wildman–Crippen MR) is 99.4 cm³/mol. The number of piperidine rings is 1. The van der Waals surface area contributed by atoms with Crippen LogP contribution in [0.5, 0.6) is 0 Å². The van der Waals surface area contributed by atoms with Crippen LogP contribution in [0.2, 0.25) is 0 Å². The number of nitrogens with zero attached hydrogens (tertiary/aromatic N) is 5. The van der Waals surface area contributed by atoms with Crippen LogP contribution in [-0.2, 0) is 17.3 Å². The van der Waals surface area contributed by atoms with Crippen LogP contribution in [-0.4, -0.2) is 62.7 Å². The van der Waals surface area contributed by atoms with Crippen molar-refractivity contribution in [1.29, 1.82) is 0 Å². The first kappa shape index (κ1) is 17.5. The highest BCUT2D eigenvalue weighted by Gasteiger charge is 2.56. The second-order valence-electron chi connectivity index (χ2n) is 8.52. The average Bonchev–Trinajstić information content (AvgIpc) is 3.02. The van der Waals surface area contributed by atoms with E-state index in [1.807, 2.05) is 34.5 Å². The Labute approximate surface area is 163 Å². The number of fused-ring (bicyclic) bond motifs is 1. The zero-order chi connectivity index (χ0) is 19.5. The summed E-state index contributed by atoms with van der Waals surface area (Å²) in [5, 5.41) is 8.07. The monoisotopic (exact) mass is 383 g/mol. The average molecular weight is 383 g/mol. The molecule has 0 aromatic carbocycles. The molecule has 3 fully saturated rings. The summed E-state index contributed by atoms with van der Waals surface area (Å²) in [6, 6.07) is 3.65. The summed E-state index contributed by atoms with van der Waals surface area (Å²) < 4.78 is 6.97. The quantitative estimate of drug-likeness (QED) is 0.799. The molecule has 2 amide bonds. The Hall–Kier alpha value is -2.64. The zero-order valence-corrected chi connectivity index (χ0v) is 16.3. The SMILES string of the molecule is Cc1cc(C(=O)N2C[C@@H]3CCN(C(=O)C4(c5ccnn5C)CC4)C[C@@H]3C2)on1. The molecule has 2 aliphatic heterocycles. The number of carbonyl (C=O) groups excluding carboxylic acids is 2. The smallest absolute Gasteiger partial charge is 0.292 e. The number of hydrogen-bond donors (Lipinski definition) is 0. The highest BCUT2D eigenvalue weighted by Crippen LogP contribution is 2.50. The summed E-state index contributed by atoms with van der Waals surface area (Å²) in [5.41, 5.74) is 1.34. The third-order valence-electron chi connectivity index (χ3n) is 6.68. The molecule has 5 rings (SSSR count). The first-order valence-corrected chi connectivity index (χ1v) is 9.98. The van der Waals surface area contributed by atoms with Crippen molar-refractivity contribution in [2.75, 3.05) is 26.2 Å². The van der Waals surface area contributed by atoms with E-state index < -0.39 is 0 Å². The number of aryl methyl sites for hydroxylation is 2. The van der Waals surface area contributed by atoms with Gasteiger partial charge in [0.2, 0.25) is 11.7 Å². The minimum atomic E-state index is -0.385. The van der Waals surface area contributed by atoms with Crippen molar-refractivity contribution in [2.24, 2.45) is 18.9 Å². The van der Waals surface area contributed by atoms with Crippen LogP contribution in [0.3, 0.4) is 0 Å². The number of likely N-dealkylation sites (tertiary alicyclic amines) is 2. The van der Waals surface area contributed by atoms with E-state index >= 15 is 0 Å². The van der Waals surface area contributed by atoms with Gasteiger partial charge >= 0.3 is 0 Å². The number of amides is 2. The largest absolute Gasteiger partial charge is 0.351 e. The minimum absolute atomic E-state index is 0.0959. The third kappa shape index (κ3) is 2.65. The molecule has 2 atom stereocenters. The van der Waals surface area contributed by atoms with Crippen molar-refractivity contribution in [3.63, 3.8) is 0 Å². The number of carbonyl (C=O) groups is 2. The molecule has 2 saturated heterocycles. The van der Waals surface area contributed by atoms with Crippen molar-refractivity contribution in [1.82, 2.24) is 24.7 Å². The van der Waals surface area contributed by atoms with Gasteiger partial charge in [-0.25, -0.2) is 0 Å². The molecule has 148 valence electrons. The van der Waals surface area contributed by atoms with E-state index in [-0.39, 0.29) is 17.2 Å². The van der Waals surface area contributed by atoms with E-state index in [0.717, 1.165) is 44.6 Å². The second-order valence-corrected chi connectivity index (χ2v) is 8.52. The van der Waals surface area contributed by atoms with E-state index in [0.29, 0.717) is 29.8 Å². The van der Waals surface area contributed by atoms with Gasteiger partial charge in [0.15, 0.2) is 0 Å². The van der Waals surface area contributed by atoms with Crippen LogP contribution in [0.1, 0.15) is 41.2 Å². The summed E-state index contributed by atoms with van der Waals surface area (Å²) in [7, 11) is 1.90. The van der Waals surface area contributed by atoms with Gasteiger partial charge in [-0.05, 0) is 44.1 Å². The Kier molecular flexibility index (Phi) is 3.86. The molecule has 0 N–H and O–H groups in total. The van der Waals surface area contributed by atoms with Gasteiger partial charge in [0.05, 0.1) is 16.8 Å². The van der Waals surface area contributed by atoms with Crippen molar-refractivity contribution in [2.45, 2.75) is 31.6 Å². The first-order chi connectivity index (χ1) is 13.5. The molecule has 2 aromatic heterocycles. The molecule has 8 nitrogen and oxygen atoms in total. The number of hydrogen-bond acceptors (Lipinski definition) is 5. The maximum Gasteiger partial charge on any atom is 0.292 e. The van der Waals surface area contributed by atoms with E-state index in [9.17, 15) is 9.59 Å². The Morgan fingerprint density at radius 1 is 1.18 bits per heavy atom. The zero-order valence-electron chi connectivity index (χ0n) is 16.3. The Bertz CT molecular complexity index is 928. The third-order valence-corrected chi connectivity index (χ3v) is 6.68. The number of rotatable bonds is 3. The maximum atomic E-state index is 13.3. The van der Waals surface area contributed by atoms with Crippen molar-refractivity contribution >= 4 is 11.8 Å².